The summed E-state index contributed by atoms with van der Waals surface area (Å²) >= 11 is 1.25. The van der Waals surface area contributed by atoms with Gasteiger partial charge in [-0.3, -0.25) is 9.59 Å². The first-order valence-corrected chi connectivity index (χ1v) is 10.4. The number of aromatic nitrogens is 2. The number of thiazole rings is 1. The zero-order valence-corrected chi connectivity index (χ0v) is 18.1. The molecule has 0 bridgehead atoms. The third-order valence-electron chi connectivity index (χ3n) is 4.98. The maximum Gasteiger partial charge on any atom is 0.416 e. The summed E-state index contributed by atoms with van der Waals surface area (Å²) in [7, 11) is 0. The Morgan fingerprint density at radius 2 is 1.94 bits per heavy atom. The van der Waals surface area contributed by atoms with Crippen LogP contribution in [-0.4, -0.2) is 15.9 Å². The SMILES string of the molecule is Cc1[nH]c(=O)c(C#N)c(C)c1CCC(=O)Nc1ncc(Cc2ccc(C(F)(F)F)cc2)s1. The van der Waals surface area contributed by atoms with Crippen LogP contribution < -0.4 is 10.9 Å². The summed E-state index contributed by atoms with van der Waals surface area (Å²) in [5.41, 5.74) is 1.53. The monoisotopic (exact) mass is 460 g/mol. The maximum absolute atomic E-state index is 12.7. The van der Waals surface area contributed by atoms with E-state index in [0.29, 0.717) is 34.8 Å². The molecule has 2 aromatic heterocycles. The van der Waals surface area contributed by atoms with Crippen LogP contribution in [0, 0.1) is 25.2 Å². The summed E-state index contributed by atoms with van der Waals surface area (Å²) < 4.78 is 38.0. The minimum atomic E-state index is -4.37. The lowest BCUT2D eigenvalue weighted by Gasteiger charge is -2.10. The number of rotatable bonds is 6. The van der Waals surface area contributed by atoms with Crippen molar-refractivity contribution in [3.05, 3.63) is 79.2 Å². The molecule has 0 aliphatic rings. The van der Waals surface area contributed by atoms with Gasteiger partial charge in [-0.05, 0) is 49.1 Å². The first-order valence-electron chi connectivity index (χ1n) is 9.61. The summed E-state index contributed by atoms with van der Waals surface area (Å²) in [6, 6.07) is 6.81. The Labute approximate surface area is 185 Å². The van der Waals surface area contributed by atoms with Crippen LogP contribution in [0.3, 0.4) is 0 Å². The van der Waals surface area contributed by atoms with Gasteiger partial charge < -0.3 is 10.3 Å². The molecule has 1 aromatic carbocycles. The number of aromatic amines is 1. The van der Waals surface area contributed by atoms with Gasteiger partial charge in [-0.15, -0.1) is 11.3 Å². The van der Waals surface area contributed by atoms with Gasteiger partial charge >= 0.3 is 6.18 Å². The minimum absolute atomic E-state index is 0.0406. The fourth-order valence-electron chi connectivity index (χ4n) is 3.30. The average molecular weight is 460 g/mol. The van der Waals surface area contributed by atoms with Gasteiger partial charge in [-0.25, -0.2) is 4.98 Å². The smallest absolute Gasteiger partial charge is 0.325 e. The quantitative estimate of drug-likeness (QED) is 0.566. The standard InChI is InChI=1S/C22H19F3N4O2S/c1-12-17(13(2)28-20(31)18(12)10-26)7-8-19(30)29-21-27-11-16(32-21)9-14-3-5-15(6-4-14)22(23,24)25/h3-6,11H,7-9H2,1-2H3,(H,28,31)(H,27,29,30). The molecule has 0 fully saturated rings. The van der Waals surface area contributed by atoms with E-state index >= 15 is 0 Å². The number of anilines is 1. The van der Waals surface area contributed by atoms with Gasteiger partial charge in [-0.2, -0.15) is 18.4 Å². The number of H-pyrrole nitrogens is 1. The van der Waals surface area contributed by atoms with Crippen LogP contribution in [-0.2, 0) is 23.8 Å². The molecular formula is C22H19F3N4O2S. The van der Waals surface area contributed by atoms with E-state index in [0.717, 1.165) is 22.6 Å². The van der Waals surface area contributed by atoms with Gasteiger partial charge in [-0.1, -0.05) is 12.1 Å². The van der Waals surface area contributed by atoms with Crippen molar-refractivity contribution in [2.45, 2.75) is 39.3 Å². The van der Waals surface area contributed by atoms with Crippen molar-refractivity contribution >= 4 is 22.4 Å². The normalized spacial score (nSPS) is 11.2. The Bertz CT molecular complexity index is 1240. The van der Waals surface area contributed by atoms with Crippen molar-refractivity contribution in [1.29, 1.82) is 5.26 Å². The summed E-state index contributed by atoms with van der Waals surface area (Å²) in [5, 5.41) is 12.2. The van der Waals surface area contributed by atoms with Gasteiger partial charge in [0, 0.05) is 29.6 Å². The van der Waals surface area contributed by atoms with Crippen LogP contribution in [0.5, 0.6) is 0 Å². The molecule has 3 rings (SSSR count). The molecule has 3 aromatic rings. The molecule has 2 heterocycles. The number of benzene rings is 1. The zero-order chi connectivity index (χ0) is 23.5. The third kappa shape index (κ3) is 5.42. The van der Waals surface area contributed by atoms with Crippen LogP contribution in [0.4, 0.5) is 18.3 Å². The molecule has 6 nitrogen and oxygen atoms in total. The largest absolute Gasteiger partial charge is 0.416 e. The van der Waals surface area contributed by atoms with E-state index in [1.54, 1.807) is 20.0 Å². The first kappa shape index (κ1) is 23.2. The number of alkyl halides is 3. The van der Waals surface area contributed by atoms with Crippen LogP contribution in [0.25, 0.3) is 0 Å². The topological polar surface area (TPSA) is 98.6 Å². The number of carbonyl (C=O) groups is 1. The highest BCUT2D eigenvalue weighted by atomic mass is 32.1. The van der Waals surface area contributed by atoms with Crippen molar-refractivity contribution in [3.63, 3.8) is 0 Å². The second-order valence-corrected chi connectivity index (χ2v) is 8.34. The Kier molecular flexibility index (Phi) is 6.79. The third-order valence-corrected chi connectivity index (χ3v) is 5.89. The number of hydrogen-bond acceptors (Lipinski definition) is 5. The second-order valence-electron chi connectivity index (χ2n) is 7.22. The molecule has 2 N–H and O–H groups in total. The van der Waals surface area contributed by atoms with Crippen LogP contribution in [0.1, 0.15) is 44.8 Å². The number of aryl methyl sites for hydroxylation is 1. The van der Waals surface area contributed by atoms with Crippen molar-refractivity contribution in [3.8, 4) is 6.07 Å². The molecule has 0 radical (unpaired) electrons. The zero-order valence-electron chi connectivity index (χ0n) is 17.3. The van der Waals surface area contributed by atoms with Gasteiger partial charge in [0.2, 0.25) is 5.91 Å². The maximum atomic E-state index is 12.7. The van der Waals surface area contributed by atoms with Crippen molar-refractivity contribution < 1.29 is 18.0 Å². The van der Waals surface area contributed by atoms with Gasteiger partial charge in [0.1, 0.15) is 11.6 Å². The van der Waals surface area contributed by atoms with E-state index < -0.39 is 17.3 Å². The van der Waals surface area contributed by atoms with E-state index in [-0.39, 0.29) is 17.9 Å². The Balaban J connectivity index is 1.60. The fourth-order valence-corrected chi connectivity index (χ4v) is 4.16. The Hall–Kier alpha value is -3.45. The molecule has 0 spiro atoms. The molecule has 1 amide bonds. The molecule has 10 heteroatoms. The van der Waals surface area contributed by atoms with Crippen molar-refractivity contribution in [2.24, 2.45) is 0 Å². The number of carbonyl (C=O) groups excluding carboxylic acids is 1. The molecule has 166 valence electrons. The number of pyridine rings is 1. The van der Waals surface area contributed by atoms with Gasteiger partial charge in [0.15, 0.2) is 5.13 Å². The number of nitriles is 1. The summed E-state index contributed by atoms with van der Waals surface area (Å²) in [5.74, 6) is -0.274. The molecule has 0 saturated carbocycles. The average Bonchev–Trinajstić information content (AvgIpc) is 3.14. The molecular weight excluding hydrogens is 441 g/mol. The number of hydrogen-bond donors (Lipinski definition) is 2. The van der Waals surface area contributed by atoms with Crippen LogP contribution in [0.15, 0.2) is 35.3 Å². The number of amides is 1. The van der Waals surface area contributed by atoms with E-state index in [2.05, 4.69) is 15.3 Å². The minimum Gasteiger partial charge on any atom is -0.325 e. The summed E-state index contributed by atoms with van der Waals surface area (Å²) in [6.07, 6.45) is -1.92. The van der Waals surface area contributed by atoms with E-state index in [1.165, 1.54) is 23.5 Å². The Morgan fingerprint density at radius 3 is 2.56 bits per heavy atom. The predicted octanol–water partition coefficient (Wildman–Crippen LogP) is 4.50. The molecule has 0 atom stereocenters. The lowest BCUT2D eigenvalue weighted by Crippen LogP contribution is -2.18. The van der Waals surface area contributed by atoms with Gasteiger partial charge in [0.05, 0.1) is 5.56 Å². The fraction of sp³-hybridized carbons (Fsp3) is 0.273. The van der Waals surface area contributed by atoms with Crippen molar-refractivity contribution in [2.75, 3.05) is 5.32 Å². The Morgan fingerprint density at radius 1 is 1.25 bits per heavy atom. The van der Waals surface area contributed by atoms with Crippen molar-refractivity contribution in [1.82, 2.24) is 9.97 Å². The van der Waals surface area contributed by atoms with E-state index in [1.807, 2.05) is 6.07 Å². The number of nitrogens with zero attached hydrogens (tertiary/aromatic N) is 2. The second kappa shape index (κ2) is 9.36. The predicted molar refractivity (Wildman–Crippen MR) is 115 cm³/mol. The summed E-state index contributed by atoms with van der Waals surface area (Å²) in [4.78, 5) is 31.7. The molecule has 0 aliphatic heterocycles. The molecule has 32 heavy (non-hydrogen) atoms. The highest BCUT2D eigenvalue weighted by molar-refractivity contribution is 7.15. The van der Waals surface area contributed by atoms with Gasteiger partial charge in [0.25, 0.3) is 5.56 Å². The van der Waals surface area contributed by atoms with E-state index in [4.69, 9.17) is 5.26 Å². The lowest BCUT2D eigenvalue weighted by molar-refractivity contribution is -0.137. The molecule has 0 unspecified atom stereocenters. The first-order chi connectivity index (χ1) is 15.1. The number of halogens is 3. The van der Waals surface area contributed by atoms with Crippen LogP contribution >= 0.6 is 11.3 Å². The lowest BCUT2D eigenvalue weighted by atomic mass is 9.99. The number of nitrogens with one attached hydrogen (secondary N) is 2. The van der Waals surface area contributed by atoms with Crippen LogP contribution in [0.2, 0.25) is 0 Å². The van der Waals surface area contributed by atoms with E-state index in [9.17, 15) is 22.8 Å². The molecule has 0 aliphatic carbocycles. The summed E-state index contributed by atoms with van der Waals surface area (Å²) in [6.45, 7) is 3.40. The molecule has 0 saturated heterocycles. The highest BCUT2D eigenvalue weighted by Gasteiger charge is 2.29. The highest BCUT2D eigenvalue weighted by Crippen LogP contribution is 2.30.